The van der Waals surface area contributed by atoms with Gasteiger partial charge in [-0.2, -0.15) is 0 Å². The van der Waals surface area contributed by atoms with E-state index in [-0.39, 0.29) is 36.7 Å². The summed E-state index contributed by atoms with van der Waals surface area (Å²) in [5.41, 5.74) is 2.26. The van der Waals surface area contributed by atoms with E-state index in [1.807, 2.05) is 82.6 Å². The van der Waals surface area contributed by atoms with Crippen LogP contribution in [0.1, 0.15) is 11.1 Å². The van der Waals surface area contributed by atoms with Gasteiger partial charge in [0.1, 0.15) is 7.14 Å². The molecular weight excluding hydrogens is 870 g/mol. The SMILES string of the molecule is O=C(O)CN1CCN(CC(=O)O)CCN(Cc2ccc(C[P+](CCP(=O)(c3ccccc3)c3ccccc3)(c3ccccc3)c3ccccc3)cc2)CCN(CC(=O)O)CC1.[64Cu]. The average Bonchev–Trinajstić information content (AvgIpc) is 3.27. The Morgan fingerprint density at radius 3 is 1.15 bits per heavy atom. The Morgan fingerprint density at radius 1 is 0.468 bits per heavy atom. The zero-order chi connectivity index (χ0) is 43.1. The fourth-order valence-electron chi connectivity index (χ4n) is 8.26. The van der Waals surface area contributed by atoms with E-state index in [0.29, 0.717) is 65.1 Å². The zero-order valence-electron chi connectivity index (χ0n) is 34.9. The van der Waals surface area contributed by atoms with Crippen LogP contribution in [0.4, 0.5) is 0 Å². The second-order valence-electron chi connectivity index (χ2n) is 15.8. The van der Waals surface area contributed by atoms with E-state index in [9.17, 15) is 29.7 Å². The molecule has 5 aromatic carbocycles. The molecule has 6 rings (SSSR count). The van der Waals surface area contributed by atoms with Gasteiger partial charge in [-0.1, -0.05) is 121 Å². The average molecular weight is 928 g/mol. The van der Waals surface area contributed by atoms with Crippen molar-refractivity contribution < 1.29 is 51.3 Å². The number of benzene rings is 5. The van der Waals surface area contributed by atoms with Crippen LogP contribution in [0.25, 0.3) is 0 Å². The van der Waals surface area contributed by atoms with Crippen molar-refractivity contribution >= 4 is 53.5 Å². The number of hydrogen-bond donors (Lipinski definition) is 3. The van der Waals surface area contributed by atoms with Crippen LogP contribution in [0.3, 0.4) is 0 Å². The fourth-order valence-corrected chi connectivity index (χ4v) is 16.5. The van der Waals surface area contributed by atoms with Crippen LogP contribution >= 0.6 is 14.4 Å². The fraction of sp³-hybridized carbons (Fsp3) is 0.312. The van der Waals surface area contributed by atoms with Crippen LogP contribution in [0.15, 0.2) is 146 Å². The predicted octanol–water partition coefficient (Wildman–Crippen LogP) is 4.84. The van der Waals surface area contributed by atoms with E-state index in [1.165, 1.54) is 16.2 Å². The van der Waals surface area contributed by atoms with Crippen molar-refractivity contribution in [3.8, 4) is 0 Å². The Morgan fingerprint density at radius 2 is 0.790 bits per heavy atom. The molecule has 11 nitrogen and oxygen atoms in total. The Balaban J connectivity index is 0.00000726. The first kappa shape index (κ1) is 48.6. The Bertz CT molecular complexity index is 2090. The van der Waals surface area contributed by atoms with Crippen molar-refractivity contribution in [1.82, 2.24) is 19.6 Å². The van der Waals surface area contributed by atoms with Crippen LogP contribution in [0.2, 0.25) is 0 Å². The molecule has 1 fully saturated rings. The third kappa shape index (κ3) is 13.8. The van der Waals surface area contributed by atoms with Gasteiger partial charge in [0.15, 0.2) is 0 Å². The number of carboxylic acid groups (broad SMARTS) is 3. The number of rotatable bonds is 17. The number of carboxylic acids is 3. The summed E-state index contributed by atoms with van der Waals surface area (Å²) in [6.45, 7) is 3.55. The van der Waals surface area contributed by atoms with Crippen molar-refractivity contribution in [2.75, 3.05) is 84.3 Å². The summed E-state index contributed by atoms with van der Waals surface area (Å²) in [4.78, 5) is 42.9. The summed E-state index contributed by atoms with van der Waals surface area (Å²) in [5.74, 6) is -2.87. The van der Waals surface area contributed by atoms with E-state index in [0.717, 1.165) is 28.5 Å². The first-order chi connectivity index (χ1) is 29.5. The van der Waals surface area contributed by atoms with Gasteiger partial charge in [-0.3, -0.25) is 34.0 Å². The zero-order valence-corrected chi connectivity index (χ0v) is 37.7. The molecule has 1 saturated heterocycles. The van der Waals surface area contributed by atoms with E-state index in [2.05, 4.69) is 77.7 Å². The molecular formula is C48H57CuN4O7P2+. The molecule has 331 valence electrons. The largest absolute Gasteiger partial charge is 0.480 e. The van der Waals surface area contributed by atoms with Crippen LogP contribution < -0.4 is 21.2 Å². The van der Waals surface area contributed by atoms with E-state index in [4.69, 9.17) is 0 Å². The third-order valence-electron chi connectivity index (χ3n) is 11.5. The van der Waals surface area contributed by atoms with Gasteiger partial charge in [0, 0.05) is 92.7 Å². The minimum atomic E-state index is -3.02. The van der Waals surface area contributed by atoms with Crippen LogP contribution in [0.5, 0.6) is 0 Å². The number of hydrogen-bond acceptors (Lipinski definition) is 8. The number of nitrogens with zero attached hydrogens (tertiary/aromatic N) is 4. The van der Waals surface area contributed by atoms with E-state index < -0.39 is 32.3 Å². The second-order valence-corrected chi connectivity index (χ2v) is 22.4. The molecule has 1 aliphatic heterocycles. The Hall–Kier alpha value is -4.47. The van der Waals surface area contributed by atoms with Crippen LogP contribution in [-0.4, -0.2) is 137 Å². The van der Waals surface area contributed by atoms with Crippen molar-refractivity contribution in [2.24, 2.45) is 0 Å². The topological polar surface area (TPSA) is 142 Å². The van der Waals surface area contributed by atoms with Crippen LogP contribution in [-0.2, 0) is 48.7 Å². The maximum Gasteiger partial charge on any atom is 0.317 e. The summed E-state index contributed by atoms with van der Waals surface area (Å²) < 4.78 is 15.5. The molecule has 1 radical (unpaired) electrons. The van der Waals surface area contributed by atoms with Gasteiger partial charge < -0.3 is 19.9 Å². The Kier molecular flexibility index (Phi) is 18.7. The van der Waals surface area contributed by atoms with Gasteiger partial charge >= 0.3 is 17.9 Å². The molecule has 0 atom stereocenters. The Labute approximate surface area is 376 Å². The van der Waals surface area contributed by atoms with Gasteiger partial charge in [0.2, 0.25) is 0 Å². The minimum absolute atomic E-state index is 0. The summed E-state index contributed by atoms with van der Waals surface area (Å²) in [7, 11) is -5.23. The minimum Gasteiger partial charge on any atom is -0.480 e. The summed E-state index contributed by atoms with van der Waals surface area (Å²) in [6, 6.07) is 49.9. The van der Waals surface area contributed by atoms with Crippen molar-refractivity contribution in [3.05, 3.63) is 157 Å². The molecule has 0 saturated carbocycles. The monoisotopic (exact) mass is 927 g/mol. The van der Waals surface area contributed by atoms with Gasteiger partial charge in [-0.25, -0.2) is 0 Å². The number of aliphatic carboxylic acids is 3. The van der Waals surface area contributed by atoms with Gasteiger partial charge in [0.25, 0.3) is 0 Å². The molecule has 1 aliphatic rings. The molecule has 0 spiro atoms. The summed E-state index contributed by atoms with van der Waals surface area (Å²) >= 11 is 0. The van der Waals surface area contributed by atoms with Crippen molar-refractivity contribution in [2.45, 2.75) is 12.7 Å². The molecule has 0 unspecified atom stereocenters. The second kappa shape index (κ2) is 23.8. The molecule has 3 N–H and O–H groups in total. The van der Waals surface area contributed by atoms with Crippen LogP contribution in [0, 0.1) is 0 Å². The van der Waals surface area contributed by atoms with Crippen molar-refractivity contribution in [3.63, 3.8) is 0 Å². The number of carbonyl (C=O) groups is 3. The molecule has 14 heteroatoms. The molecule has 0 aliphatic carbocycles. The molecule has 5 aromatic rings. The maximum absolute atomic E-state index is 15.5. The van der Waals surface area contributed by atoms with Gasteiger partial charge in [-0.05, 0) is 35.4 Å². The van der Waals surface area contributed by atoms with Crippen molar-refractivity contribution in [1.29, 1.82) is 0 Å². The molecule has 62 heavy (non-hydrogen) atoms. The molecule has 0 amide bonds. The predicted molar refractivity (Wildman–Crippen MR) is 246 cm³/mol. The van der Waals surface area contributed by atoms with E-state index >= 15 is 4.57 Å². The summed E-state index contributed by atoms with van der Waals surface area (Å²) in [5, 5.41) is 33.1. The quantitative estimate of drug-likeness (QED) is 0.0872. The first-order valence-corrected chi connectivity index (χ1v) is 24.9. The first-order valence-electron chi connectivity index (χ1n) is 20.8. The smallest absolute Gasteiger partial charge is 0.317 e. The molecule has 0 aromatic heterocycles. The summed E-state index contributed by atoms with van der Waals surface area (Å²) in [6.07, 6.45) is 2.04. The maximum atomic E-state index is 15.5. The third-order valence-corrected chi connectivity index (χ3v) is 19.5. The van der Waals surface area contributed by atoms with Gasteiger partial charge in [0.05, 0.1) is 49.8 Å². The van der Waals surface area contributed by atoms with E-state index in [1.54, 1.807) is 4.90 Å². The molecule has 0 bridgehead atoms. The normalized spacial score (nSPS) is 15.4. The molecule has 1 heterocycles. The van der Waals surface area contributed by atoms with Gasteiger partial charge in [-0.15, -0.1) is 0 Å². The standard InChI is InChI=1S/C48H56N4O7P2.Cu/c53-46(54)36-50-27-25-49(26-28-51(37-47(55)56)30-32-52(31-29-50)38-48(57)58)35-40-21-23-41(24-22-40)39-60(42-13-5-1-6-14-42,43-15-7-2-8-16-43)33-34-61(59,44-17-9-3-10-18-44)45-19-11-4-12-20-45;/h1-24H,25-39H2,(H2-,53,54,55,56,57,58);/p+1/i;1+0.